The van der Waals surface area contributed by atoms with Crippen LogP contribution in [0.5, 0.6) is 0 Å². The maximum atomic E-state index is 2.19. The fraction of sp³-hybridized carbons (Fsp3) is 0.375. The van der Waals surface area contributed by atoms with Crippen LogP contribution in [0.2, 0.25) is 0 Å². The molecular weight excluding hydrogens is 192 g/mol. The molecule has 0 amide bonds. The lowest BCUT2D eigenvalue weighted by Gasteiger charge is -1.81. The molecule has 88 valence electrons. The Morgan fingerprint density at radius 1 is 0.625 bits per heavy atom. The highest BCUT2D eigenvalue weighted by molar-refractivity contribution is 5.12. The maximum Gasteiger partial charge on any atom is -0.0163 e. The van der Waals surface area contributed by atoms with Crippen LogP contribution in [0.25, 0.3) is 0 Å². The van der Waals surface area contributed by atoms with Gasteiger partial charge in [-0.25, -0.2) is 0 Å². The lowest BCUT2D eigenvalue weighted by molar-refractivity contribution is 0.959. The van der Waals surface area contributed by atoms with E-state index >= 15 is 0 Å². The highest BCUT2D eigenvalue weighted by Crippen LogP contribution is 1.91. The van der Waals surface area contributed by atoms with Gasteiger partial charge in [-0.3, -0.25) is 0 Å². The monoisotopic (exact) mass is 216 g/mol. The van der Waals surface area contributed by atoms with Crippen molar-refractivity contribution in [3.05, 3.63) is 60.8 Å². The third-order valence-corrected chi connectivity index (χ3v) is 1.95. The van der Waals surface area contributed by atoms with Gasteiger partial charge in [-0.1, -0.05) is 81.0 Å². The first kappa shape index (κ1) is 14.7. The summed E-state index contributed by atoms with van der Waals surface area (Å²) in [4.78, 5) is 0. The number of unbranched alkanes of at least 4 members (excludes halogenated alkanes) is 1. The van der Waals surface area contributed by atoms with Crippen molar-refractivity contribution < 1.29 is 0 Å². The Morgan fingerprint density at radius 3 is 1.81 bits per heavy atom. The van der Waals surface area contributed by atoms with Gasteiger partial charge < -0.3 is 0 Å². The predicted molar refractivity (Wildman–Crippen MR) is 75.5 cm³/mol. The lowest BCUT2D eigenvalue weighted by atomic mass is 10.3. The van der Waals surface area contributed by atoms with Crippen molar-refractivity contribution in [1.29, 1.82) is 0 Å². The van der Waals surface area contributed by atoms with E-state index in [2.05, 4.69) is 74.6 Å². The Balaban J connectivity index is 3.54. The first-order chi connectivity index (χ1) is 7.91. The molecule has 0 aliphatic rings. The summed E-state index contributed by atoms with van der Waals surface area (Å²) in [5.74, 6) is 0. The fourth-order valence-corrected chi connectivity index (χ4v) is 1.08. The van der Waals surface area contributed by atoms with Crippen LogP contribution < -0.4 is 0 Å². The minimum atomic E-state index is 0.997. The third kappa shape index (κ3) is 12.7. The minimum absolute atomic E-state index is 0.997. The molecule has 0 unspecified atom stereocenters. The van der Waals surface area contributed by atoms with Crippen LogP contribution in [0.3, 0.4) is 0 Å². The van der Waals surface area contributed by atoms with Crippen molar-refractivity contribution in [2.45, 2.75) is 39.5 Å². The van der Waals surface area contributed by atoms with Gasteiger partial charge in [0.1, 0.15) is 0 Å². The van der Waals surface area contributed by atoms with E-state index < -0.39 is 0 Å². The minimum Gasteiger partial charge on any atom is -0.0848 e. The zero-order chi connectivity index (χ0) is 11.9. The maximum absolute atomic E-state index is 2.19. The van der Waals surface area contributed by atoms with Crippen molar-refractivity contribution >= 4 is 0 Å². The van der Waals surface area contributed by atoms with Crippen LogP contribution in [0, 0.1) is 0 Å². The Morgan fingerprint density at radius 2 is 1.19 bits per heavy atom. The van der Waals surface area contributed by atoms with E-state index in [4.69, 9.17) is 0 Å². The summed E-state index contributed by atoms with van der Waals surface area (Å²) < 4.78 is 0. The van der Waals surface area contributed by atoms with Crippen LogP contribution in [0.15, 0.2) is 60.8 Å². The van der Waals surface area contributed by atoms with E-state index in [0.29, 0.717) is 0 Å². The smallest absolute Gasteiger partial charge is 0.0163 e. The summed E-state index contributed by atoms with van der Waals surface area (Å²) in [6.45, 7) is 4.33. The molecule has 0 spiro atoms. The molecule has 0 heteroatoms. The Labute approximate surface area is 101 Å². The standard InChI is InChI=1S/C16H24/c1-3-5-7-9-11-13-15-16-14-12-10-8-6-4-2/h5,7-12,14-16H,3-4,6,13H2,1-2H3/b7-5+,10-8+,11-9+,14-12+,16-15+. The largest absolute Gasteiger partial charge is 0.0848 e. The van der Waals surface area contributed by atoms with Crippen molar-refractivity contribution in [3.8, 4) is 0 Å². The molecule has 0 atom stereocenters. The second-order valence-electron chi connectivity index (χ2n) is 3.53. The molecule has 0 aliphatic carbocycles. The quantitative estimate of drug-likeness (QED) is 0.479. The molecule has 0 radical (unpaired) electrons. The molecule has 0 fully saturated rings. The van der Waals surface area contributed by atoms with Gasteiger partial charge in [-0.2, -0.15) is 0 Å². The van der Waals surface area contributed by atoms with E-state index in [1.807, 2.05) is 0 Å². The fourth-order valence-electron chi connectivity index (χ4n) is 1.08. The van der Waals surface area contributed by atoms with Crippen LogP contribution >= 0.6 is 0 Å². The van der Waals surface area contributed by atoms with E-state index in [1.54, 1.807) is 0 Å². The SMILES string of the molecule is CC/C=C/C=C/C/C=C/C=C/C=C/CCC. The second kappa shape index (κ2) is 13.7. The van der Waals surface area contributed by atoms with Gasteiger partial charge >= 0.3 is 0 Å². The van der Waals surface area contributed by atoms with E-state index in [0.717, 1.165) is 12.8 Å². The molecule has 0 aromatic heterocycles. The van der Waals surface area contributed by atoms with Crippen molar-refractivity contribution in [1.82, 2.24) is 0 Å². The lowest BCUT2D eigenvalue weighted by Crippen LogP contribution is -1.59. The van der Waals surface area contributed by atoms with Crippen LogP contribution in [-0.2, 0) is 0 Å². The Kier molecular flexibility index (Phi) is 12.6. The summed E-state index contributed by atoms with van der Waals surface area (Å²) in [5.41, 5.74) is 0. The van der Waals surface area contributed by atoms with Gasteiger partial charge in [0, 0.05) is 0 Å². The molecule has 0 saturated heterocycles. The number of hydrogen-bond donors (Lipinski definition) is 0. The normalized spacial score (nSPS) is 13.4. The molecule has 0 rings (SSSR count). The third-order valence-electron chi connectivity index (χ3n) is 1.95. The zero-order valence-electron chi connectivity index (χ0n) is 10.6. The van der Waals surface area contributed by atoms with Crippen LogP contribution in [0.1, 0.15) is 39.5 Å². The van der Waals surface area contributed by atoms with Crippen LogP contribution in [-0.4, -0.2) is 0 Å². The van der Waals surface area contributed by atoms with Crippen molar-refractivity contribution in [2.75, 3.05) is 0 Å². The van der Waals surface area contributed by atoms with Gasteiger partial charge in [0.25, 0.3) is 0 Å². The second-order valence-corrected chi connectivity index (χ2v) is 3.53. The van der Waals surface area contributed by atoms with Crippen molar-refractivity contribution in [2.24, 2.45) is 0 Å². The summed E-state index contributed by atoms with van der Waals surface area (Å²) >= 11 is 0. The molecule has 0 nitrogen and oxygen atoms in total. The molecule has 0 bridgehead atoms. The summed E-state index contributed by atoms with van der Waals surface area (Å²) in [6.07, 6.45) is 25.7. The molecule has 0 aliphatic heterocycles. The average molecular weight is 216 g/mol. The molecule has 16 heavy (non-hydrogen) atoms. The first-order valence-corrected chi connectivity index (χ1v) is 6.21. The molecule has 0 aromatic rings. The number of rotatable bonds is 8. The van der Waals surface area contributed by atoms with Gasteiger partial charge in [0.2, 0.25) is 0 Å². The topological polar surface area (TPSA) is 0 Å². The van der Waals surface area contributed by atoms with Crippen LogP contribution in [0.4, 0.5) is 0 Å². The number of allylic oxidation sites excluding steroid dienone is 10. The molecule has 0 heterocycles. The molecule has 0 saturated carbocycles. The molecular formula is C16H24. The Bertz CT molecular complexity index is 262. The predicted octanol–water partition coefficient (Wildman–Crippen LogP) is 5.37. The van der Waals surface area contributed by atoms with Gasteiger partial charge in [-0.15, -0.1) is 0 Å². The van der Waals surface area contributed by atoms with Crippen molar-refractivity contribution in [3.63, 3.8) is 0 Å². The van der Waals surface area contributed by atoms with Gasteiger partial charge in [0.15, 0.2) is 0 Å². The first-order valence-electron chi connectivity index (χ1n) is 6.21. The summed E-state index contributed by atoms with van der Waals surface area (Å²) in [6, 6.07) is 0. The van der Waals surface area contributed by atoms with E-state index in [1.165, 1.54) is 12.8 Å². The van der Waals surface area contributed by atoms with E-state index in [9.17, 15) is 0 Å². The molecule has 0 aromatic carbocycles. The van der Waals surface area contributed by atoms with Gasteiger partial charge in [-0.05, 0) is 19.3 Å². The zero-order valence-corrected chi connectivity index (χ0v) is 10.6. The summed E-state index contributed by atoms with van der Waals surface area (Å²) in [7, 11) is 0. The number of hydrogen-bond acceptors (Lipinski definition) is 0. The van der Waals surface area contributed by atoms with E-state index in [-0.39, 0.29) is 0 Å². The summed E-state index contributed by atoms with van der Waals surface area (Å²) in [5, 5.41) is 0. The highest BCUT2D eigenvalue weighted by atomic mass is 13.8. The average Bonchev–Trinajstić information content (AvgIpc) is 2.31. The molecule has 0 N–H and O–H groups in total. The highest BCUT2D eigenvalue weighted by Gasteiger charge is 1.70. The Hall–Kier alpha value is -1.30. The van der Waals surface area contributed by atoms with Gasteiger partial charge in [0.05, 0.1) is 0 Å².